The van der Waals surface area contributed by atoms with Gasteiger partial charge in [-0.2, -0.15) is 0 Å². The lowest BCUT2D eigenvalue weighted by Crippen LogP contribution is -2.15. The predicted molar refractivity (Wildman–Crippen MR) is 92.1 cm³/mol. The molecule has 0 atom stereocenters. The fourth-order valence-corrected chi connectivity index (χ4v) is 2.75. The second-order valence-corrected chi connectivity index (χ2v) is 5.91. The fraction of sp³-hybridized carbons (Fsp3) is 0.278. The minimum absolute atomic E-state index is 0.0794. The van der Waals surface area contributed by atoms with E-state index >= 15 is 0 Å². The lowest BCUT2D eigenvalue weighted by molar-refractivity contribution is 0.102. The average Bonchev–Trinajstić information content (AvgIpc) is 2.88. The van der Waals surface area contributed by atoms with Crippen molar-refractivity contribution in [1.29, 1.82) is 0 Å². The summed E-state index contributed by atoms with van der Waals surface area (Å²) in [6.45, 7) is 1.04. The van der Waals surface area contributed by atoms with Crippen LogP contribution in [0.5, 0.6) is 0 Å². The Morgan fingerprint density at radius 2 is 2.00 bits per heavy atom. The molecule has 0 spiro atoms. The van der Waals surface area contributed by atoms with E-state index in [0.29, 0.717) is 5.56 Å². The molecule has 1 N–H and O–H groups in total. The zero-order chi connectivity index (χ0) is 15.7. The number of benzene rings is 2. The fourth-order valence-electron chi connectivity index (χ4n) is 2.75. The first-order chi connectivity index (χ1) is 10.5. The number of nitrogens with zero attached hydrogens (tertiary/aromatic N) is 2. The SMILES string of the molecule is CN(C)c1cccc(C(=O)Nc2ccc3c(c2)N(C)CC3)c1. The van der Waals surface area contributed by atoms with Crippen LogP contribution in [0.4, 0.5) is 17.1 Å². The van der Waals surface area contributed by atoms with Gasteiger partial charge in [0.2, 0.25) is 0 Å². The molecule has 0 aromatic heterocycles. The van der Waals surface area contributed by atoms with E-state index in [-0.39, 0.29) is 5.91 Å². The lowest BCUT2D eigenvalue weighted by Gasteiger charge is -2.15. The van der Waals surface area contributed by atoms with Gasteiger partial charge < -0.3 is 15.1 Å². The summed E-state index contributed by atoms with van der Waals surface area (Å²) in [6.07, 6.45) is 1.07. The zero-order valence-electron chi connectivity index (χ0n) is 13.3. The number of fused-ring (bicyclic) bond motifs is 1. The Labute approximate surface area is 131 Å². The maximum Gasteiger partial charge on any atom is 0.255 e. The van der Waals surface area contributed by atoms with Gasteiger partial charge in [0.05, 0.1) is 0 Å². The molecule has 1 aliphatic heterocycles. The van der Waals surface area contributed by atoms with E-state index < -0.39 is 0 Å². The third kappa shape index (κ3) is 2.77. The summed E-state index contributed by atoms with van der Waals surface area (Å²) in [5.41, 5.74) is 5.07. The molecule has 114 valence electrons. The Bertz CT molecular complexity index is 709. The van der Waals surface area contributed by atoms with Gasteiger partial charge in [-0.15, -0.1) is 0 Å². The molecule has 0 saturated heterocycles. The van der Waals surface area contributed by atoms with Gasteiger partial charge in [-0.25, -0.2) is 0 Å². The van der Waals surface area contributed by atoms with Gasteiger partial charge in [0, 0.05) is 50.3 Å². The quantitative estimate of drug-likeness (QED) is 0.945. The highest BCUT2D eigenvalue weighted by Gasteiger charge is 2.16. The van der Waals surface area contributed by atoms with Crippen LogP contribution in [-0.2, 0) is 6.42 Å². The van der Waals surface area contributed by atoms with Gasteiger partial charge in [0.1, 0.15) is 0 Å². The molecular weight excluding hydrogens is 274 g/mol. The van der Waals surface area contributed by atoms with Crippen LogP contribution in [0.2, 0.25) is 0 Å². The molecule has 4 nitrogen and oxygen atoms in total. The van der Waals surface area contributed by atoms with Crippen molar-refractivity contribution in [3.8, 4) is 0 Å². The second-order valence-electron chi connectivity index (χ2n) is 5.91. The number of hydrogen-bond acceptors (Lipinski definition) is 3. The number of nitrogens with one attached hydrogen (secondary N) is 1. The molecule has 0 radical (unpaired) electrons. The number of carbonyl (C=O) groups excluding carboxylic acids is 1. The van der Waals surface area contributed by atoms with Crippen molar-refractivity contribution >= 4 is 23.0 Å². The molecule has 0 bridgehead atoms. The van der Waals surface area contributed by atoms with Crippen LogP contribution in [0.3, 0.4) is 0 Å². The van der Waals surface area contributed by atoms with Gasteiger partial charge in [-0.1, -0.05) is 12.1 Å². The summed E-state index contributed by atoms with van der Waals surface area (Å²) in [7, 11) is 6.01. The maximum atomic E-state index is 12.4. The van der Waals surface area contributed by atoms with Gasteiger partial charge >= 0.3 is 0 Å². The van der Waals surface area contributed by atoms with E-state index in [0.717, 1.165) is 24.3 Å². The molecule has 1 amide bonds. The highest BCUT2D eigenvalue weighted by Crippen LogP contribution is 2.29. The van der Waals surface area contributed by atoms with Gasteiger partial charge in [0.15, 0.2) is 0 Å². The lowest BCUT2D eigenvalue weighted by atomic mass is 10.1. The van der Waals surface area contributed by atoms with Crippen LogP contribution >= 0.6 is 0 Å². The van der Waals surface area contributed by atoms with E-state index in [2.05, 4.69) is 29.4 Å². The smallest absolute Gasteiger partial charge is 0.255 e. The molecule has 0 saturated carbocycles. The molecule has 3 rings (SSSR count). The van der Waals surface area contributed by atoms with Crippen molar-refractivity contribution in [2.24, 2.45) is 0 Å². The number of hydrogen-bond donors (Lipinski definition) is 1. The summed E-state index contributed by atoms with van der Waals surface area (Å²) in [5.74, 6) is -0.0794. The third-order valence-corrected chi connectivity index (χ3v) is 4.10. The van der Waals surface area contributed by atoms with Crippen molar-refractivity contribution in [1.82, 2.24) is 0 Å². The first kappa shape index (κ1) is 14.4. The molecule has 1 heterocycles. The minimum atomic E-state index is -0.0794. The van der Waals surface area contributed by atoms with Crippen molar-refractivity contribution < 1.29 is 4.79 Å². The Balaban J connectivity index is 1.80. The van der Waals surface area contributed by atoms with Crippen molar-refractivity contribution in [2.75, 3.05) is 42.8 Å². The Morgan fingerprint density at radius 1 is 1.18 bits per heavy atom. The van der Waals surface area contributed by atoms with Gasteiger partial charge in [0.25, 0.3) is 5.91 Å². The maximum absolute atomic E-state index is 12.4. The number of likely N-dealkylation sites (N-methyl/N-ethyl adjacent to an activating group) is 1. The highest BCUT2D eigenvalue weighted by molar-refractivity contribution is 6.05. The summed E-state index contributed by atoms with van der Waals surface area (Å²) in [6, 6.07) is 13.8. The Kier molecular flexibility index (Phi) is 3.75. The largest absolute Gasteiger partial charge is 0.378 e. The van der Waals surface area contributed by atoms with Gasteiger partial charge in [-0.05, 0) is 42.3 Å². The Hall–Kier alpha value is -2.49. The second kappa shape index (κ2) is 5.72. The van der Waals surface area contributed by atoms with Crippen LogP contribution < -0.4 is 15.1 Å². The molecule has 0 fully saturated rings. The van der Waals surface area contributed by atoms with Crippen molar-refractivity contribution in [2.45, 2.75) is 6.42 Å². The van der Waals surface area contributed by atoms with E-state index in [1.165, 1.54) is 11.3 Å². The molecule has 4 heteroatoms. The summed E-state index contributed by atoms with van der Waals surface area (Å²) in [5, 5.41) is 2.99. The van der Waals surface area contributed by atoms with Crippen LogP contribution in [0.1, 0.15) is 15.9 Å². The summed E-state index contributed by atoms with van der Waals surface area (Å²) in [4.78, 5) is 16.6. The molecule has 0 aliphatic carbocycles. The van der Waals surface area contributed by atoms with E-state index in [4.69, 9.17) is 0 Å². The first-order valence-electron chi connectivity index (χ1n) is 7.47. The summed E-state index contributed by atoms with van der Waals surface area (Å²) < 4.78 is 0. The molecule has 1 aliphatic rings. The Morgan fingerprint density at radius 3 is 2.77 bits per heavy atom. The van der Waals surface area contributed by atoms with E-state index in [1.807, 2.05) is 49.3 Å². The van der Waals surface area contributed by atoms with E-state index in [1.54, 1.807) is 0 Å². The van der Waals surface area contributed by atoms with Crippen LogP contribution in [0, 0.1) is 0 Å². The standard InChI is InChI=1S/C18H21N3O/c1-20(2)16-6-4-5-14(11-16)18(22)19-15-8-7-13-9-10-21(3)17(13)12-15/h4-8,11-12H,9-10H2,1-3H3,(H,19,22). The van der Waals surface area contributed by atoms with Crippen LogP contribution in [0.25, 0.3) is 0 Å². The molecule has 2 aromatic rings. The average molecular weight is 295 g/mol. The third-order valence-electron chi connectivity index (χ3n) is 4.10. The monoisotopic (exact) mass is 295 g/mol. The first-order valence-corrected chi connectivity index (χ1v) is 7.47. The molecule has 0 unspecified atom stereocenters. The van der Waals surface area contributed by atoms with E-state index in [9.17, 15) is 4.79 Å². The number of anilines is 3. The predicted octanol–water partition coefficient (Wildman–Crippen LogP) is 3.00. The van der Waals surface area contributed by atoms with Gasteiger partial charge in [-0.3, -0.25) is 4.79 Å². The topological polar surface area (TPSA) is 35.6 Å². The molecule has 2 aromatic carbocycles. The number of carbonyl (C=O) groups is 1. The normalized spacial score (nSPS) is 13.0. The molecular formula is C18H21N3O. The summed E-state index contributed by atoms with van der Waals surface area (Å²) >= 11 is 0. The zero-order valence-corrected chi connectivity index (χ0v) is 13.3. The number of rotatable bonds is 3. The van der Waals surface area contributed by atoms with Crippen molar-refractivity contribution in [3.63, 3.8) is 0 Å². The molecule has 22 heavy (non-hydrogen) atoms. The highest BCUT2D eigenvalue weighted by atomic mass is 16.1. The van der Waals surface area contributed by atoms with Crippen LogP contribution in [0.15, 0.2) is 42.5 Å². The van der Waals surface area contributed by atoms with Crippen LogP contribution in [-0.4, -0.2) is 33.6 Å². The number of amides is 1. The minimum Gasteiger partial charge on any atom is -0.378 e. The van der Waals surface area contributed by atoms with Crippen molar-refractivity contribution in [3.05, 3.63) is 53.6 Å².